The Morgan fingerprint density at radius 2 is 1.85 bits per heavy atom. The number of carbonyl (C=O) groups is 1. The molecular formula is C21H33FN2O3. The van der Waals surface area contributed by atoms with Gasteiger partial charge in [0.25, 0.3) is 5.91 Å². The number of halogens is 1. The summed E-state index contributed by atoms with van der Waals surface area (Å²) in [4.78, 5) is 14.6. The minimum atomic E-state index is -0.918. The Labute approximate surface area is 162 Å². The first-order valence-corrected chi connectivity index (χ1v) is 9.59. The predicted molar refractivity (Wildman–Crippen MR) is 105 cm³/mol. The number of ether oxygens (including phenoxy) is 2. The Kier molecular flexibility index (Phi) is 7.48. The summed E-state index contributed by atoms with van der Waals surface area (Å²) in [5.74, 6) is 0.715. The Bertz CT molecular complexity index is 608. The molecular weight excluding hydrogens is 347 g/mol. The molecule has 0 aromatic heterocycles. The molecule has 0 radical (unpaired) electrons. The van der Waals surface area contributed by atoms with Crippen LogP contribution in [0.2, 0.25) is 0 Å². The van der Waals surface area contributed by atoms with E-state index in [9.17, 15) is 9.18 Å². The van der Waals surface area contributed by atoms with Gasteiger partial charge in [-0.05, 0) is 43.5 Å². The van der Waals surface area contributed by atoms with Gasteiger partial charge in [0, 0.05) is 30.6 Å². The molecule has 27 heavy (non-hydrogen) atoms. The van der Waals surface area contributed by atoms with Gasteiger partial charge in [-0.3, -0.25) is 4.79 Å². The van der Waals surface area contributed by atoms with E-state index >= 15 is 0 Å². The molecule has 1 fully saturated rings. The van der Waals surface area contributed by atoms with E-state index in [4.69, 9.17) is 9.47 Å². The van der Waals surface area contributed by atoms with Gasteiger partial charge in [-0.15, -0.1) is 0 Å². The van der Waals surface area contributed by atoms with Gasteiger partial charge in [-0.2, -0.15) is 0 Å². The molecule has 0 spiro atoms. The maximum Gasteiger partial charge on any atom is 0.251 e. The molecule has 1 N–H and O–H groups in total. The number of alkyl halides is 1. The molecule has 5 nitrogen and oxygen atoms in total. The van der Waals surface area contributed by atoms with Gasteiger partial charge in [0.15, 0.2) is 0 Å². The average molecular weight is 381 g/mol. The highest BCUT2D eigenvalue weighted by Gasteiger charge is 2.30. The number of nitrogens with one attached hydrogen (secondary N) is 1. The normalized spacial score (nSPS) is 21.0. The van der Waals surface area contributed by atoms with Gasteiger partial charge >= 0.3 is 0 Å². The molecule has 0 unspecified atom stereocenters. The maximum atomic E-state index is 14.6. The maximum absolute atomic E-state index is 14.6. The van der Waals surface area contributed by atoms with Crippen LogP contribution in [-0.4, -0.2) is 57.4 Å². The lowest BCUT2D eigenvalue weighted by atomic mass is 9.90. The number of piperidine rings is 1. The molecule has 0 bridgehead atoms. The molecule has 1 aromatic carbocycles. The number of rotatable bonds is 7. The molecule has 1 amide bonds. The van der Waals surface area contributed by atoms with E-state index in [1.165, 1.54) is 14.2 Å². The van der Waals surface area contributed by atoms with Crippen LogP contribution in [0.3, 0.4) is 0 Å². The van der Waals surface area contributed by atoms with Crippen molar-refractivity contribution in [2.75, 3.05) is 40.4 Å². The fraction of sp³-hybridized carbons (Fsp3) is 0.667. The van der Waals surface area contributed by atoms with Crippen LogP contribution >= 0.6 is 0 Å². The number of nitrogens with zero attached hydrogens (tertiary/aromatic N) is 1. The third kappa shape index (κ3) is 6.69. The molecule has 0 aliphatic carbocycles. The monoisotopic (exact) mass is 380 g/mol. The summed E-state index contributed by atoms with van der Waals surface area (Å²) < 4.78 is 25.0. The minimum absolute atomic E-state index is 0.146. The molecule has 0 saturated carbocycles. The van der Waals surface area contributed by atoms with Crippen molar-refractivity contribution >= 4 is 5.91 Å². The third-order valence-electron chi connectivity index (χ3n) is 5.08. The Hall–Kier alpha value is -1.82. The molecule has 1 aliphatic rings. The van der Waals surface area contributed by atoms with E-state index in [1.54, 1.807) is 18.2 Å². The lowest BCUT2D eigenvalue weighted by Gasteiger charge is -2.36. The molecule has 2 atom stereocenters. The highest BCUT2D eigenvalue weighted by Crippen LogP contribution is 2.25. The van der Waals surface area contributed by atoms with Crippen LogP contribution in [-0.2, 0) is 0 Å². The van der Waals surface area contributed by atoms with E-state index in [1.807, 2.05) is 0 Å². The number of methoxy groups -OCH3 is 2. The molecule has 1 heterocycles. The quantitative estimate of drug-likeness (QED) is 0.786. The second-order valence-corrected chi connectivity index (χ2v) is 8.49. The van der Waals surface area contributed by atoms with Crippen LogP contribution in [0, 0.1) is 11.3 Å². The average Bonchev–Trinajstić information content (AvgIpc) is 2.64. The first kappa shape index (κ1) is 21.5. The van der Waals surface area contributed by atoms with E-state index in [0.29, 0.717) is 30.2 Å². The number of carbonyl (C=O) groups excluding carboxylic acids is 1. The summed E-state index contributed by atoms with van der Waals surface area (Å²) in [5.41, 5.74) is 0.707. The zero-order valence-corrected chi connectivity index (χ0v) is 17.2. The van der Waals surface area contributed by atoms with E-state index in [2.05, 4.69) is 31.0 Å². The van der Waals surface area contributed by atoms with Crippen molar-refractivity contribution in [1.29, 1.82) is 0 Å². The zero-order valence-electron chi connectivity index (χ0n) is 17.2. The van der Waals surface area contributed by atoms with Crippen LogP contribution in [0.5, 0.6) is 11.5 Å². The van der Waals surface area contributed by atoms with Crippen molar-refractivity contribution in [2.45, 2.75) is 39.8 Å². The van der Waals surface area contributed by atoms with Gasteiger partial charge in [0.05, 0.1) is 14.2 Å². The smallest absolute Gasteiger partial charge is 0.251 e. The fourth-order valence-electron chi connectivity index (χ4n) is 3.21. The number of likely N-dealkylation sites (tertiary alicyclic amines) is 1. The SMILES string of the molecule is COc1cc(OC)cc(C(=O)NC[C@@H]2CCN(CCC(C)(C)C)C[C@@H]2F)c1. The van der Waals surface area contributed by atoms with Gasteiger partial charge < -0.3 is 19.7 Å². The molecule has 2 rings (SSSR count). The molecule has 1 aliphatic heterocycles. The van der Waals surface area contributed by atoms with Crippen molar-refractivity contribution in [3.05, 3.63) is 23.8 Å². The number of hydrogen-bond acceptors (Lipinski definition) is 4. The van der Waals surface area contributed by atoms with Crippen molar-refractivity contribution in [3.8, 4) is 11.5 Å². The van der Waals surface area contributed by atoms with Crippen molar-refractivity contribution in [3.63, 3.8) is 0 Å². The zero-order chi connectivity index (χ0) is 20.0. The molecule has 152 valence electrons. The lowest BCUT2D eigenvalue weighted by molar-refractivity contribution is 0.0724. The van der Waals surface area contributed by atoms with E-state index in [-0.39, 0.29) is 17.2 Å². The summed E-state index contributed by atoms with van der Waals surface area (Å²) in [5, 5.41) is 2.86. The summed E-state index contributed by atoms with van der Waals surface area (Å²) in [6.45, 7) is 9.20. The summed E-state index contributed by atoms with van der Waals surface area (Å²) in [7, 11) is 3.08. The third-order valence-corrected chi connectivity index (χ3v) is 5.08. The number of hydrogen-bond donors (Lipinski definition) is 1. The Morgan fingerprint density at radius 1 is 1.22 bits per heavy atom. The van der Waals surface area contributed by atoms with Gasteiger partial charge in [-0.25, -0.2) is 4.39 Å². The first-order valence-electron chi connectivity index (χ1n) is 9.59. The second kappa shape index (κ2) is 9.40. The minimum Gasteiger partial charge on any atom is -0.497 e. The van der Waals surface area contributed by atoms with E-state index in [0.717, 1.165) is 25.9 Å². The standard InChI is InChI=1S/C21H33FN2O3/c1-21(2,3)7-9-24-8-6-15(19(22)14-24)13-23-20(25)16-10-17(26-4)12-18(11-16)27-5/h10-12,15,19H,6-9,13-14H2,1-5H3,(H,23,25)/t15-,19-/m0/s1. The molecule has 1 aromatic rings. The van der Waals surface area contributed by atoms with Crippen molar-refractivity contribution < 1.29 is 18.7 Å². The lowest BCUT2D eigenvalue weighted by Crippen LogP contribution is -2.46. The number of amides is 1. The largest absolute Gasteiger partial charge is 0.497 e. The van der Waals surface area contributed by atoms with Crippen LogP contribution in [0.1, 0.15) is 44.0 Å². The first-order chi connectivity index (χ1) is 12.7. The van der Waals surface area contributed by atoms with Crippen LogP contribution in [0.15, 0.2) is 18.2 Å². The fourth-order valence-corrected chi connectivity index (χ4v) is 3.21. The summed E-state index contributed by atoms with van der Waals surface area (Å²) >= 11 is 0. The van der Waals surface area contributed by atoms with E-state index < -0.39 is 6.17 Å². The van der Waals surface area contributed by atoms with Crippen molar-refractivity contribution in [2.24, 2.45) is 11.3 Å². The van der Waals surface area contributed by atoms with Gasteiger partial charge in [-0.1, -0.05) is 20.8 Å². The predicted octanol–water partition coefficient (Wildman–Crippen LogP) is 3.53. The summed E-state index contributed by atoms with van der Waals surface area (Å²) in [6.07, 6.45) is 0.894. The Morgan fingerprint density at radius 3 is 2.37 bits per heavy atom. The topological polar surface area (TPSA) is 50.8 Å². The highest BCUT2D eigenvalue weighted by molar-refractivity contribution is 5.95. The van der Waals surface area contributed by atoms with Gasteiger partial charge in [0.2, 0.25) is 0 Å². The summed E-state index contributed by atoms with van der Waals surface area (Å²) in [6, 6.07) is 5.02. The molecule has 1 saturated heterocycles. The van der Waals surface area contributed by atoms with Crippen LogP contribution in [0.4, 0.5) is 4.39 Å². The number of benzene rings is 1. The van der Waals surface area contributed by atoms with Crippen LogP contribution in [0.25, 0.3) is 0 Å². The second-order valence-electron chi connectivity index (χ2n) is 8.49. The molecule has 6 heteroatoms. The Balaban J connectivity index is 1.85. The van der Waals surface area contributed by atoms with Crippen LogP contribution < -0.4 is 14.8 Å². The van der Waals surface area contributed by atoms with Gasteiger partial charge in [0.1, 0.15) is 17.7 Å². The van der Waals surface area contributed by atoms with Crippen molar-refractivity contribution in [1.82, 2.24) is 10.2 Å². The highest BCUT2D eigenvalue weighted by atomic mass is 19.1.